The third-order valence-corrected chi connectivity index (χ3v) is 2.78. The van der Waals surface area contributed by atoms with Crippen LogP contribution >= 0.6 is 12.6 Å². The number of hydrogen-bond donors (Lipinski definition) is 2. The molecule has 0 aliphatic rings. The zero-order chi connectivity index (χ0) is 12.8. The van der Waals surface area contributed by atoms with E-state index in [0.29, 0.717) is 28.2 Å². The predicted molar refractivity (Wildman–Crippen MR) is 66.6 cm³/mol. The van der Waals surface area contributed by atoms with E-state index >= 15 is 0 Å². The van der Waals surface area contributed by atoms with Crippen molar-refractivity contribution in [2.45, 2.75) is 24.8 Å². The van der Waals surface area contributed by atoms with Crippen molar-refractivity contribution in [3.63, 3.8) is 0 Å². The average molecular weight is 250 g/mol. The molecular weight excluding hydrogens is 236 g/mol. The molecule has 1 rings (SSSR count). The molecule has 0 aromatic heterocycles. The predicted octanol–water partition coefficient (Wildman–Crippen LogP) is 1.41. The van der Waals surface area contributed by atoms with E-state index in [1.165, 1.54) is 0 Å². The van der Waals surface area contributed by atoms with E-state index < -0.39 is 0 Å². The molecule has 1 aromatic carbocycles. The Bertz CT molecular complexity index is 466. The molecule has 0 spiro atoms. The fourth-order valence-electron chi connectivity index (χ4n) is 1.57. The Kier molecular flexibility index (Phi) is 5.01. The molecule has 2 N–H and O–H groups in total. The number of esters is 1. The van der Waals surface area contributed by atoms with Crippen LogP contribution in [-0.4, -0.2) is 12.6 Å². The summed E-state index contributed by atoms with van der Waals surface area (Å²) in [6, 6.07) is 5.40. The van der Waals surface area contributed by atoms with E-state index in [0.717, 1.165) is 0 Å². The lowest BCUT2D eigenvalue weighted by Crippen LogP contribution is -2.13. The summed E-state index contributed by atoms with van der Waals surface area (Å²) in [6.07, 6.45) is 0.0920. The minimum Gasteiger partial charge on any atom is -0.466 e. The number of benzene rings is 1. The lowest BCUT2D eigenvalue weighted by molar-refractivity contribution is -0.142. The van der Waals surface area contributed by atoms with Gasteiger partial charge in [0, 0.05) is 11.4 Å². The highest BCUT2D eigenvalue weighted by atomic mass is 32.1. The first-order valence-corrected chi connectivity index (χ1v) is 5.68. The van der Waals surface area contributed by atoms with Gasteiger partial charge in [0.25, 0.3) is 0 Å². The SMILES string of the molecule is CCOC(=O)Cc1c(S)ccc(C#N)c1CN. The van der Waals surface area contributed by atoms with Gasteiger partial charge < -0.3 is 10.5 Å². The van der Waals surface area contributed by atoms with Crippen LogP contribution in [0.5, 0.6) is 0 Å². The minimum absolute atomic E-state index is 0.0920. The third-order valence-electron chi connectivity index (χ3n) is 2.36. The Morgan fingerprint density at radius 3 is 2.76 bits per heavy atom. The number of thiol groups is 1. The third kappa shape index (κ3) is 3.22. The van der Waals surface area contributed by atoms with Gasteiger partial charge in [0.1, 0.15) is 0 Å². The van der Waals surface area contributed by atoms with Crippen molar-refractivity contribution in [1.29, 1.82) is 5.26 Å². The number of nitrogens with zero attached hydrogens (tertiary/aromatic N) is 1. The normalized spacial score (nSPS) is 9.76. The highest BCUT2D eigenvalue weighted by Gasteiger charge is 2.14. The van der Waals surface area contributed by atoms with Crippen LogP contribution in [0.1, 0.15) is 23.6 Å². The van der Waals surface area contributed by atoms with E-state index in [1.54, 1.807) is 19.1 Å². The largest absolute Gasteiger partial charge is 0.466 e. The molecule has 0 unspecified atom stereocenters. The zero-order valence-electron chi connectivity index (χ0n) is 9.56. The lowest BCUT2D eigenvalue weighted by atomic mass is 9.99. The van der Waals surface area contributed by atoms with Crippen LogP contribution in [0.25, 0.3) is 0 Å². The van der Waals surface area contributed by atoms with Gasteiger partial charge in [0.05, 0.1) is 24.7 Å². The molecule has 0 saturated carbocycles. The second-order valence-corrected chi connectivity index (χ2v) is 3.87. The van der Waals surface area contributed by atoms with E-state index in [1.807, 2.05) is 0 Å². The summed E-state index contributed by atoms with van der Waals surface area (Å²) in [7, 11) is 0. The van der Waals surface area contributed by atoms with Crippen molar-refractivity contribution >= 4 is 18.6 Å². The highest BCUT2D eigenvalue weighted by Crippen LogP contribution is 2.22. The van der Waals surface area contributed by atoms with E-state index in [4.69, 9.17) is 15.7 Å². The number of carbonyl (C=O) groups is 1. The Morgan fingerprint density at radius 2 is 2.24 bits per heavy atom. The molecule has 90 valence electrons. The summed E-state index contributed by atoms with van der Waals surface area (Å²) in [5, 5.41) is 8.96. The van der Waals surface area contributed by atoms with Gasteiger partial charge in [-0.15, -0.1) is 12.6 Å². The van der Waals surface area contributed by atoms with Gasteiger partial charge >= 0.3 is 5.97 Å². The van der Waals surface area contributed by atoms with E-state index in [9.17, 15) is 4.79 Å². The van der Waals surface area contributed by atoms with Gasteiger partial charge in [-0.3, -0.25) is 4.79 Å². The Labute approximate surface area is 106 Å². The van der Waals surface area contributed by atoms with Gasteiger partial charge in [0.2, 0.25) is 0 Å². The molecule has 0 amide bonds. The van der Waals surface area contributed by atoms with Crippen molar-refractivity contribution in [3.05, 3.63) is 28.8 Å². The molecule has 17 heavy (non-hydrogen) atoms. The molecule has 0 bridgehead atoms. The summed E-state index contributed by atoms with van der Waals surface area (Å²) >= 11 is 4.28. The summed E-state index contributed by atoms with van der Waals surface area (Å²) in [5.74, 6) is -0.340. The second kappa shape index (κ2) is 6.28. The van der Waals surface area contributed by atoms with E-state index in [2.05, 4.69) is 18.7 Å². The van der Waals surface area contributed by atoms with Gasteiger partial charge in [-0.1, -0.05) is 0 Å². The van der Waals surface area contributed by atoms with Crippen LogP contribution < -0.4 is 5.73 Å². The van der Waals surface area contributed by atoms with Crippen LogP contribution in [0, 0.1) is 11.3 Å². The second-order valence-electron chi connectivity index (χ2n) is 3.39. The molecule has 4 nitrogen and oxygen atoms in total. The molecule has 0 aliphatic heterocycles. The quantitative estimate of drug-likeness (QED) is 0.626. The van der Waals surface area contributed by atoms with Crippen molar-refractivity contribution in [2.75, 3.05) is 6.61 Å². The summed E-state index contributed by atoms with van der Waals surface area (Å²) < 4.78 is 4.88. The van der Waals surface area contributed by atoms with Crippen LogP contribution in [0.2, 0.25) is 0 Å². The molecule has 0 aliphatic carbocycles. The summed E-state index contributed by atoms with van der Waals surface area (Å²) in [4.78, 5) is 12.1. The maximum absolute atomic E-state index is 11.5. The number of carbonyl (C=O) groups excluding carboxylic acids is 1. The molecule has 1 aromatic rings. The molecule has 0 atom stereocenters. The van der Waals surface area contributed by atoms with Crippen LogP contribution in [-0.2, 0) is 22.5 Å². The zero-order valence-corrected chi connectivity index (χ0v) is 10.5. The summed E-state index contributed by atoms with van der Waals surface area (Å²) in [6.45, 7) is 2.28. The van der Waals surface area contributed by atoms with Gasteiger partial charge in [0.15, 0.2) is 0 Å². The first kappa shape index (κ1) is 13.6. The Balaban J connectivity index is 3.13. The first-order valence-electron chi connectivity index (χ1n) is 5.23. The maximum atomic E-state index is 11.5. The molecule has 0 radical (unpaired) electrons. The van der Waals surface area contributed by atoms with Crippen molar-refractivity contribution < 1.29 is 9.53 Å². The first-order chi connectivity index (χ1) is 8.13. The molecular formula is C12H14N2O2S. The molecule has 5 heteroatoms. The van der Waals surface area contributed by atoms with Crippen LogP contribution in [0.15, 0.2) is 17.0 Å². The van der Waals surface area contributed by atoms with Gasteiger partial charge in [-0.25, -0.2) is 0 Å². The number of nitrogens with two attached hydrogens (primary N) is 1. The number of nitriles is 1. The molecule has 0 saturated heterocycles. The highest BCUT2D eigenvalue weighted by molar-refractivity contribution is 7.80. The van der Waals surface area contributed by atoms with Crippen molar-refractivity contribution in [3.8, 4) is 6.07 Å². The fraction of sp³-hybridized carbons (Fsp3) is 0.333. The van der Waals surface area contributed by atoms with Gasteiger partial charge in [-0.2, -0.15) is 5.26 Å². The topological polar surface area (TPSA) is 76.1 Å². The smallest absolute Gasteiger partial charge is 0.310 e. The average Bonchev–Trinajstić information content (AvgIpc) is 2.31. The fourth-order valence-corrected chi connectivity index (χ4v) is 1.86. The Hall–Kier alpha value is -1.51. The van der Waals surface area contributed by atoms with Gasteiger partial charge in [-0.05, 0) is 30.2 Å². The maximum Gasteiger partial charge on any atom is 0.310 e. The number of hydrogen-bond acceptors (Lipinski definition) is 5. The van der Waals surface area contributed by atoms with Crippen LogP contribution in [0.3, 0.4) is 0 Å². The number of rotatable bonds is 4. The lowest BCUT2D eigenvalue weighted by Gasteiger charge is -2.11. The van der Waals surface area contributed by atoms with Crippen molar-refractivity contribution in [1.82, 2.24) is 0 Å². The standard InChI is InChI=1S/C12H14N2O2S/c1-2-16-12(15)5-9-10(7-14)8(6-13)3-4-11(9)17/h3-4,17H,2,5,7,14H2,1H3. The van der Waals surface area contributed by atoms with Crippen molar-refractivity contribution in [2.24, 2.45) is 5.73 Å². The monoisotopic (exact) mass is 250 g/mol. The Morgan fingerprint density at radius 1 is 1.53 bits per heavy atom. The minimum atomic E-state index is -0.340. The molecule has 0 fully saturated rings. The summed E-state index contributed by atoms with van der Waals surface area (Å²) in [5.41, 5.74) is 7.42. The number of ether oxygens (including phenoxy) is 1. The van der Waals surface area contributed by atoms with E-state index in [-0.39, 0.29) is 18.9 Å². The van der Waals surface area contributed by atoms with Crippen LogP contribution in [0.4, 0.5) is 0 Å². The molecule has 0 heterocycles.